The Labute approximate surface area is 117 Å². The summed E-state index contributed by atoms with van der Waals surface area (Å²) in [6.45, 7) is 3.99. The molecule has 1 aliphatic heterocycles. The van der Waals surface area contributed by atoms with E-state index in [9.17, 15) is 0 Å². The maximum atomic E-state index is 6.74. The first-order valence-electron chi connectivity index (χ1n) is 8.40. The van der Waals surface area contributed by atoms with Gasteiger partial charge in [-0.1, -0.05) is 38.5 Å². The average molecular weight is 266 g/mol. The van der Waals surface area contributed by atoms with E-state index in [1.807, 2.05) is 0 Å². The van der Waals surface area contributed by atoms with E-state index in [0.717, 1.165) is 32.2 Å². The standard InChI is InChI=1S/C16H30N2O/c17-15(13-14-5-1-2-6-14)16(7-3-4-8-16)18-9-11-19-12-10-18/h14-15H,1-13,17H2. The molecule has 3 heteroatoms. The normalized spacial score (nSPS) is 30.8. The average Bonchev–Trinajstić information content (AvgIpc) is 3.11. The van der Waals surface area contributed by atoms with Crippen LogP contribution in [0.4, 0.5) is 0 Å². The number of rotatable bonds is 4. The minimum Gasteiger partial charge on any atom is -0.379 e. The molecular weight excluding hydrogens is 236 g/mol. The number of hydrogen-bond acceptors (Lipinski definition) is 3. The van der Waals surface area contributed by atoms with Gasteiger partial charge >= 0.3 is 0 Å². The molecule has 0 spiro atoms. The van der Waals surface area contributed by atoms with Crippen molar-refractivity contribution in [1.29, 1.82) is 0 Å². The molecule has 19 heavy (non-hydrogen) atoms. The van der Waals surface area contributed by atoms with E-state index in [2.05, 4.69) is 4.90 Å². The van der Waals surface area contributed by atoms with Crippen LogP contribution in [0.3, 0.4) is 0 Å². The smallest absolute Gasteiger partial charge is 0.0594 e. The lowest BCUT2D eigenvalue weighted by molar-refractivity contribution is -0.0333. The Bertz CT molecular complexity index is 276. The quantitative estimate of drug-likeness (QED) is 0.850. The molecule has 0 amide bonds. The number of nitrogens with zero attached hydrogens (tertiary/aromatic N) is 1. The fourth-order valence-corrected chi connectivity index (χ4v) is 4.74. The summed E-state index contributed by atoms with van der Waals surface area (Å²) < 4.78 is 5.53. The predicted molar refractivity (Wildman–Crippen MR) is 78.1 cm³/mol. The zero-order valence-electron chi connectivity index (χ0n) is 12.3. The van der Waals surface area contributed by atoms with E-state index in [0.29, 0.717) is 11.6 Å². The first-order chi connectivity index (χ1) is 9.31. The second-order valence-electron chi connectivity index (χ2n) is 6.90. The van der Waals surface area contributed by atoms with Gasteiger partial charge in [-0.05, 0) is 25.2 Å². The number of hydrogen-bond donors (Lipinski definition) is 1. The third-order valence-corrected chi connectivity index (χ3v) is 5.86. The van der Waals surface area contributed by atoms with Crippen LogP contribution in [0.25, 0.3) is 0 Å². The fourth-order valence-electron chi connectivity index (χ4n) is 4.74. The maximum Gasteiger partial charge on any atom is 0.0594 e. The molecule has 3 aliphatic rings. The van der Waals surface area contributed by atoms with Crippen LogP contribution in [-0.4, -0.2) is 42.8 Å². The van der Waals surface area contributed by atoms with Crippen LogP contribution in [-0.2, 0) is 4.74 Å². The first-order valence-corrected chi connectivity index (χ1v) is 8.40. The third-order valence-electron chi connectivity index (χ3n) is 5.86. The molecule has 2 saturated carbocycles. The minimum absolute atomic E-state index is 0.312. The van der Waals surface area contributed by atoms with E-state index < -0.39 is 0 Å². The van der Waals surface area contributed by atoms with E-state index in [-0.39, 0.29) is 0 Å². The van der Waals surface area contributed by atoms with Crippen LogP contribution >= 0.6 is 0 Å². The Balaban J connectivity index is 1.67. The summed E-state index contributed by atoms with van der Waals surface area (Å²) in [7, 11) is 0. The zero-order valence-corrected chi connectivity index (χ0v) is 12.3. The van der Waals surface area contributed by atoms with Crippen molar-refractivity contribution in [2.45, 2.75) is 69.4 Å². The van der Waals surface area contributed by atoms with Gasteiger partial charge in [-0.25, -0.2) is 0 Å². The molecule has 2 aliphatic carbocycles. The van der Waals surface area contributed by atoms with Gasteiger partial charge in [-0.3, -0.25) is 4.90 Å². The monoisotopic (exact) mass is 266 g/mol. The number of ether oxygens (including phenoxy) is 1. The molecular formula is C16H30N2O. The van der Waals surface area contributed by atoms with E-state index >= 15 is 0 Å². The van der Waals surface area contributed by atoms with Crippen LogP contribution in [0.15, 0.2) is 0 Å². The number of morpholine rings is 1. The second kappa shape index (κ2) is 6.11. The largest absolute Gasteiger partial charge is 0.379 e. The van der Waals surface area contributed by atoms with Crippen LogP contribution < -0.4 is 5.73 Å². The van der Waals surface area contributed by atoms with Crippen molar-refractivity contribution in [2.24, 2.45) is 11.7 Å². The summed E-state index contributed by atoms with van der Waals surface area (Å²) in [5.41, 5.74) is 7.05. The maximum absolute atomic E-state index is 6.74. The first kappa shape index (κ1) is 13.8. The van der Waals surface area contributed by atoms with Crippen molar-refractivity contribution >= 4 is 0 Å². The van der Waals surface area contributed by atoms with Gasteiger partial charge in [0.25, 0.3) is 0 Å². The summed E-state index contributed by atoms with van der Waals surface area (Å²) in [6.07, 6.45) is 12.4. The highest BCUT2D eigenvalue weighted by Crippen LogP contribution is 2.41. The van der Waals surface area contributed by atoms with Crippen molar-refractivity contribution in [3.8, 4) is 0 Å². The van der Waals surface area contributed by atoms with Gasteiger partial charge < -0.3 is 10.5 Å². The molecule has 0 aromatic heterocycles. The molecule has 1 saturated heterocycles. The van der Waals surface area contributed by atoms with Crippen molar-refractivity contribution in [3.63, 3.8) is 0 Å². The van der Waals surface area contributed by atoms with Gasteiger partial charge in [-0.15, -0.1) is 0 Å². The van der Waals surface area contributed by atoms with Gasteiger partial charge in [-0.2, -0.15) is 0 Å². The van der Waals surface area contributed by atoms with Crippen molar-refractivity contribution in [3.05, 3.63) is 0 Å². The van der Waals surface area contributed by atoms with Crippen LogP contribution in [0, 0.1) is 5.92 Å². The summed E-state index contributed by atoms with van der Waals surface area (Å²) in [5, 5.41) is 0. The molecule has 110 valence electrons. The second-order valence-corrected chi connectivity index (χ2v) is 6.90. The lowest BCUT2D eigenvalue weighted by Gasteiger charge is -2.47. The molecule has 0 aromatic carbocycles. The summed E-state index contributed by atoms with van der Waals surface area (Å²) in [5.74, 6) is 0.911. The van der Waals surface area contributed by atoms with Gasteiger partial charge in [0.1, 0.15) is 0 Å². The lowest BCUT2D eigenvalue weighted by atomic mass is 9.81. The Morgan fingerprint density at radius 1 is 1.05 bits per heavy atom. The van der Waals surface area contributed by atoms with Crippen LogP contribution in [0.1, 0.15) is 57.8 Å². The van der Waals surface area contributed by atoms with E-state index in [1.54, 1.807) is 0 Å². The molecule has 3 nitrogen and oxygen atoms in total. The van der Waals surface area contributed by atoms with Crippen LogP contribution in [0.2, 0.25) is 0 Å². The summed E-state index contributed by atoms with van der Waals surface area (Å²) in [4.78, 5) is 2.68. The molecule has 1 heterocycles. The molecule has 3 rings (SSSR count). The Kier molecular flexibility index (Phi) is 4.45. The molecule has 1 atom stereocenters. The summed E-state index contributed by atoms with van der Waals surface area (Å²) >= 11 is 0. The van der Waals surface area contributed by atoms with Crippen molar-refractivity contribution in [1.82, 2.24) is 4.90 Å². The predicted octanol–water partition coefficient (Wildman–Crippen LogP) is 2.54. The fraction of sp³-hybridized carbons (Fsp3) is 1.00. The van der Waals surface area contributed by atoms with Gasteiger partial charge in [0.05, 0.1) is 13.2 Å². The Morgan fingerprint density at radius 3 is 2.32 bits per heavy atom. The molecule has 3 fully saturated rings. The highest BCUT2D eigenvalue weighted by molar-refractivity contribution is 5.03. The molecule has 2 N–H and O–H groups in total. The topological polar surface area (TPSA) is 38.5 Å². The van der Waals surface area contributed by atoms with Gasteiger partial charge in [0, 0.05) is 24.7 Å². The van der Waals surface area contributed by atoms with Gasteiger partial charge in [0.2, 0.25) is 0 Å². The molecule has 0 radical (unpaired) electrons. The molecule has 1 unspecified atom stereocenters. The minimum atomic E-state index is 0.312. The third kappa shape index (κ3) is 2.84. The highest BCUT2D eigenvalue weighted by atomic mass is 16.5. The van der Waals surface area contributed by atoms with E-state index in [1.165, 1.54) is 57.8 Å². The summed E-state index contributed by atoms with van der Waals surface area (Å²) in [6, 6.07) is 0.385. The Morgan fingerprint density at radius 2 is 1.68 bits per heavy atom. The lowest BCUT2D eigenvalue weighted by Crippen LogP contribution is -2.61. The van der Waals surface area contributed by atoms with Gasteiger partial charge in [0.15, 0.2) is 0 Å². The molecule has 0 aromatic rings. The highest BCUT2D eigenvalue weighted by Gasteiger charge is 2.45. The number of nitrogens with two attached hydrogens (primary N) is 1. The van der Waals surface area contributed by atoms with Crippen molar-refractivity contribution < 1.29 is 4.74 Å². The molecule has 0 bridgehead atoms. The van der Waals surface area contributed by atoms with Crippen LogP contribution in [0.5, 0.6) is 0 Å². The SMILES string of the molecule is NC(CC1CCCC1)C1(N2CCOCC2)CCCC1. The van der Waals surface area contributed by atoms with Crippen molar-refractivity contribution in [2.75, 3.05) is 26.3 Å². The van der Waals surface area contributed by atoms with E-state index in [4.69, 9.17) is 10.5 Å². The Hall–Kier alpha value is -0.120. The zero-order chi connectivity index (χ0) is 13.1.